The number of rotatable bonds is 6. The van der Waals surface area contributed by atoms with Gasteiger partial charge in [-0.2, -0.15) is 4.98 Å². The Morgan fingerprint density at radius 1 is 1.12 bits per heavy atom. The normalized spacial score (nSPS) is 13.2. The third kappa shape index (κ3) is 4.15. The van der Waals surface area contributed by atoms with Crippen molar-refractivity contribution in [2.24, 2.45) is 0 Å². The van der Waals surface area contributed by atoms with Gasteiger partial charge in [0.05, 0.1) is 17.3 Å². The van der Waals surface area contributed by atoms with Crippen molar-refractivity contribution in [2.75, 3.05) is 5.32 Å². The summed E-state index contributed by atoms with van der Waals surface area (Å²) >= 11 is 0. The highest BCUT2D eigenvalue weighted by Gasteiger charge is 2.23. The predicted molar refractivity (Wildman–Crippen MR) is 117 cm³/mol. The first-order valence-electron chi connectivity index (χ1n) is 10.3. The smallest absolute Gasteiger partial charge is 0.319 e. The molecular formula is C22H20N6O4. The topological polar surface area (TPSA) is 135 Å². The Morgan fingerprint density at radius 2 is 1.94 bits per heavy atom. The average Bonchev–Trinajstić information content (AvgIpc) is 3.48. The molecule has 1 fully saturated rings. The predicted octanol–water partition coefficient (Wildman–Crippen LogP) is 2.27. The molecule has 5 rings (SSSR count). The number of anilines is 1. The van der Waals surface area contributed by atoms with Gasteiger partial charge in [-0.1, -0.05) is 29.4 Å². The van der Waals surface area contributed by atoms with Gasteiger partial charge >= 0.3 is 6.03 Å². The first-order valence-corrected chi connectivity index (χ1v) is 10.3. The molecule has 10 nitrogen and oxygen atoms in total. The molecule has 32 heavy (non-hydrogen) atoms. The Morgan fingerprint density at radius 3 is 2.75 bits per heavy atom. The minimum Gasteiger partial charge on any atom is -0.339 e. The Hall–Kier alpha value is -4.21. The number of benzene rings is 2. The summed E-state index contributed by atoms with van der Waals surface area (Å²) < 4.78 is 6.56. The van der Waals surface area contributed by atoms with Crippen LogP contribution in [-0.2, 0) is 13.0 Å². The highest BCUT2D eigenvalue weighted by Crippen LogP contribution is 2.21. The number of carbonyl (C=O) groups is 1. The van der Waals surface area contributed by atoms with Crippen molar-refractivity contribution in [1.82, 2.24) is 25.2 Å². The summed E-state index contributed by atoms with van der Waals surface area (Å²) in [7, 11) is 0. The molecule has 0 unspecified atom stereocenters. The monoisotopic (exact) mass is 432 g/mol. The average molecular weight is 432 g/mol. The second-order valence-electron chi connectivity index (χ2n) is 7.66. The molecule has 3 N–H and O–H groups in total. The lowest BCUT2D eigenvalue weighted by atomic mass is 10.2. The van der Waals surface area contributed by atoms with Crippen LogP contribution in [0.3, 0.4) is 0 Å². The molecule has 2 heterocycles. The first kappa shape index (κ1) is 19.7. The number of amides is 2. The minimum atomic E-state index is -0.332. The van der Waals surface area contributed by atoms with Gasteiger partial charge in [-0.05, 0) is 37.1 Å². The maximum absolute atomic E-state index is 12.6. The molecular weight excluding hydrogens is 412 g/mol. The molecule has 0 radical (unpaired) electrons. The highest BCUT2D eigenvalue weighted by atomic mass is 16.5. The van der Waals surface area contributed by atoms with Crippen molar-refractivity contribution in [3.63, 3.8) is 0 Å². The summed E-state index contributed by atoms with van der Waals surface area (Å²) in [5.41, 5.74) is 0.678. The van der Waals surface area contributed by atoms with Crippen LogP contribution in [0.1, 0.15) is 18.7 Å². The van der Waals surface area contributed by atoms with E-state index in [4.69, 9.17) is 4.52 Å². The SMILES string of the molecule is O=C(Nc1cccc(-c2noc(CCn3[nH]c(=O)c4ccccc4c3=O)n2)c1)NC1CC1. The number of fused-ring (bicyclic) bond motifs is 1. The van der Waals surface area contributed by atoms with E-state index in [0.29, 0.717) is 33.7 Å². The number of hydrogen-bond donors (Lipinski definition) is 3. The fourth-order valence-corrected chi connectivity index (χ4v) is 3.40. The molecule has 0 aliphatic heterocycles. The van der Waals surface area contributed by atoms with E-state index >= 15 is 0 Å². The van der Waals surface area contributed by atoms with Crippen molar-refractivity contribution in [1.29, 1.82) is 0 Å². The standard InChI is InChI=1S/C22H20N6O4/c29-20-16-6-1-2-7-17(16)21(30)28(26-20)11-10-18-25-19(27-32-18)13-4-3-5-15(12-13)24-22(31)23-14-8-9-14/h1-7,12,14H,8-11H2,(H,26,29)(H2,23,24,31). The van der Waals surface area contributed by atoms with E-state index in [2.05, 4.69) is 25.9 Å². The number of H-pyrrole nitrogens is 1. The Bertz CT molecular complexity index is 1420. The number of nitrogens with zero attached hydrogens (tertiary/aromatic N) is 3. The third-order valence-corrected chi connectivity index (χ3v) is 5.19. The van der Waals surface area contributed by atoms with Gasteiger partial charge in [0.2, 0.25) is 11.7 Å². The van der Waals surface area contributed by atoms with Gasteiger partial charge < -0.3 is 15.2 Å². The molecule has 2 aromatic carbocycles. The zero-order chi connectivity index (χ0) is 22.1. The van der Waals surface area contributed by atoms with Gasteiger partial charge in [-0.15, -0.1) is 0 Å². The van der Waals surface area contributed by atoms with Crippen LogP contribution in [-0.4, -0.2) is 32.0 Å². The van der Waals surface area contributed by atoms with Crippen molar-refractivity contribution >= 4 is 22.5 Å². The van der Waals surface area contributed by atoms with Crippen LogP contribution in [0.2, 0.25) is 0 Å². The number of aryl methyl sites for hydroxylation is 2. The largest absolute Gasteiger partial charge is 0.339 e. The lowest BCUT2D eigenvalue weighted by molar-refractivity contribution is 0.251. The molecule has 0 spiro atoms. The number of aromatic nitrogens is 4. The summed E-state index contributed by atoms with van der Waals surface area (Å²) in [5.74, 6) is 0.691. The number of nitrogens with one attached hydrogen (secondary N) is 3. The molecule has 0 atom stereocenters. The maximum atomic E-state index is 12.6. The summed E-state index contributed by atoms with van der Waals surface area (Å²) in [6, 6.07) is 13.8. The Balaban J connectivity index is 1.29. The van der Waals surface area contributed by atoms with E-state index in [1.807, 2.05) is 6.07 Å². The Kier molecular flexibility index (Phi) is 5.02. The summed E-state index contributed by atoms with van der Waals surface area (Å²) in [6.07, 6.45) is 2.29. The van der Waals surface area contributed by atoms with E-state index in [1.165, 1.54) is 4.68 Å². The lowest BCUT2D eigenvalue weighted by Gasteiger charge is -2.07. The van der Waals surface area contributed by atoms with E-state index in [0.717, 1.165) is 12.8 Å². The van der Waals surface area contributed by atoms with Gasteiger partial charge in [0.1, 0.15) is 0 Å². The molecule has 1 aliphatic carbocycles. The fourth-order valence-electron chi connectivity index (χ4n) is 3.40. The molecule has 0 bridgehead atoms. The molecule has 1 saturated carbocycles. The fraction of sp³-hybridized carbons (Fsp3) is 0.227. The summed E-state index contributed by atoms with van der Waals surface area (Å²) in [6.45, 7) is 0.184. The van der Waals surface area contributed by atoms with Crippen LogP contribution in [0.5, 0.6) is 0 Å². The van der Waals surface area contributed by atoms with Crippen LogP contribution in [0, 0.1) is 0 Å². The second kappa shape index (κ2) is 8.14. The maximum Gasteiger partial charge on any atom is 0.319 e. The quantitative estimate of drug-likeness (QED) is 0.428. The highest BCUT2D eigenvalue weighted by molar-refractivity contribution is 5.90. The second-order valence-corrected chi connectivity index (χ2v) is 7.66. The van der Waals surface area contributed by atoms with Gasteiger partial charge in [0.25, 0.3) is 11.1 Å². The van der Waals surface area contributed by atoms with Crippen molar-refractivity contribution in [2.45, 2.75) is 31.8 Å². The zero-order valence-corrected chi connectivity index (χ0v) is 17.0. The van der Waals surface area contributed by atoms with Crippen molar-refractivity contribution in [3.05, 3.63) is 75.1 Å². The Labute approximate surface area is 181 Å². The molecule has 10 heteroatoms. The molecule has 2 amide bonds. The first-order chi connectivity index (χ1) is 15.6. The van der Waals surface area contributed by atoms with Gasteiger partial charge in [-0.25, -0.2) is 9.48 Å². The zero-order valence-electron chi connectivity index (χ0n) is 17.0. The number of urea groups is 1. The van der Waals surface area contributed by atoms with E-state index in [-0.39, 0.29) is 36.2 Å². The molecule has 2 aromatic heterocycles. The minimum absolute atomic E-state index is 0.184. The molecule has 4 aromatic rings. The molecule has 1 aliphatic rings. The number of hydrogen-bond acceptors (Lipinski definition) is 6. The van der Waals surface area contributed by atoms with Crippen LogP contribution < -0.4 is 21.8 Å². The van der Waals surface area contributed by atoms with Gasteiger partial charge in [0.15, 0.2) is 0 Å². The van der Waals surface area contributed by atoms with Crippen LogP contribution in [0.4, 0.5) is 10.5 Å². The van der Waals surface area contributed by atoms with Gasteiger partial charge in [-0.3, -0.25) is 14.7 Å². The summed E-state index contributed by atoms with van der Waals surface area (Å²) in [5, 5.41) is 13.0. The van der Waals surface area contributed by atoms with E-state index < -0.39 is 0 Å². The van der Waals surface area contributed by atoms with Crippen LogP contribution >= 0.6 is 0 Å². The van der Waals surface area contributed by atoms with Crippen LogP contribution in [0.15, 0.2) is 62.6 Å². The third-order valence-electron chi connectivity index (χ3n) is 5.19. The lowest BCUT2D eigenvalue weighted by Crippen LogP contribution is -2.30. The molecule has 162 valence electrons. The van der Waals surface area contributed by atoms with E-state index in [9.17, 15) is 14.4 Å². The van der Waals surface area contributed by atoms with Crippen LogP contribution in [0.25, 0.3) is 22.2 Å². The number of aromatic amines is 1. The molecule has 0 saturated heterocycles. The number of carbonyl (C=O) groups excluding carboxylic acids is 1. The summed E-state index contributed by atoms with van der Waals surface area (Å²) in [4.78, 5) is 41.2. The van der Waals surface area contributed by atoms with Crippen molar-refractivity contribution < 1.29 is 9.32 Å². The van der Waals surface area contributed by atoms with E-state index in [1.54, 1.807) is 42.5 Å². The van der Waals surface area contributed by atoms with Crippen molar-refractivity contribution in [3.8, 4) is 11.4 Å². The van der Waals surface area contributed by atoms with Gasteiger partial charge in [0, 0.05) is 23.7 Å².